The maximum atomic E-state index is 11.2. The molecule has 0 spiro atoms. The molecule has 4 heteroatoms. The zero-order valence-corrected chi connectivity index (χ0v) is 9.41. The van der Waals surface area contributed by atoms with Crippen molar-refractivity contribution in [1.29, 1.82) is 0 Å². The Kier molecular flexibility index (Phi) is 5.05. The topological polar surface area (TPSA) is 75.3 Å². The molecule has 1 saturated carbocycles. The molecule has 1 fully saturated rings. The van der Waals surface area contributed by atoms with Crippen LogP contribution in [0.2, 0.25) is 0 Å². The second kappa shape index (κ2) is 6.08. The summed E-state index contributed by atoms with van der Waals surface area (Å²) in [6, 6.07) is -0.423. The molecule has 15 heavy (non-hydrogen) atoms. The molecular weight excluding hydrogens is 192 g/mol. The third-order valence-electron chi connectivity index (χ3n) is 3.25. The van der Waals surface area contributed by atoms with Gasteiger partial charge in [-0.1, -0.05) is 32.1 Å². The Morgan fingerprint density at radius 2 is 2.07 bits per heavy atom. The lowest BCUT2D eigenvalue weighted by atomic mass is 9.84. The highest BCUT2D eigenvalue weighted by Crippen LogP contribution is 2.27. The van der Waals surface area contributed by atoms with Crippen LogP contribution in [0.3, 0.4) is 0 Å². The average Bonchev–Trinajstić information content (AvgIpc) is 2.28. The van der Waals surface area contributed by atoms with Crippen molar-refractivity contribution < 1.29 is 9.90 Å². The van der Waals surface area contributed by atoms with Crippen molar-refractivity contribution in [3.05, 3.63) is 0 Å². The van der Waals surface area contributed by atoms with Gasteiger partial charge in [0.25, 0.3) is 0 Å². The third-order valence-corrected chi connectivity index (χ3v) is 3.25. The summed E-state index contributed by atoms with van der Waals surface area (Å²) >= 11 is 0. The SMILES string of the molecule is CNC(=O)C(O)C(N)CC1CCCCC1. The van der Waals surface area contributed by atoms with Gasteiger partial charge in [-0.05, 0) is 12.3 Å². The molecule has 0 heterocycles. The molecule has 0 saturated heterocycles. The molecule has 0 radical (unpaired) electrons. The maximum Gasteiger partial charge on any atom is 0.250 e. The van der Waals surface area contributed by atoms with E-state index in [2.05, 4.69) is 5.32 Å². The monoisotopic (exact) mass is 214 g/mol. The lowest BCUT2D eigenvalue weighted by molar-refractivity contribution is -0.130. The fraction of sp³-hybridized carbons (Fsp3) is 0.909. The second-order valence-corrected chi connectivity index (χ2v) is 4.46. The number of hydrogen-bond acceptors (Lipinski definition) is 3. The Balaban J connectivity index is 2.32. The molecule has 0 aromatic carbocycles. The summed E-state index contributed by atoms with van der Waals surface area (Å²) in [6.45, 7) is 0. The van der Waals surface area contributed by atoms with Crippen LogP contribution in [-0.2, 0) is 4.79 Å². The second-order valence-electron chi connectivity index (χ2n) is 4.46. The number of aliphatic hydroxyl groups is 1. The van der Waals surface area contributed by atoms with Gasteiger partial charge >= 0.3 is 0 Å². The van der Waals surface area contributed by atoms with Crippen LogP contribution in [0, 0.1) is 5.92 Å². The minimum Gasteiger partial charge on any atom is -0.382 e. The highest BCUT2D eigenvalue weighted by Gasteiger charge is 2.25. The van der Waals surface area contributed by atoms with Crippen molar-refractivity contribution in [2.45, 2.75) is 50.7 Å². The van der Waals surface area contributed by atoms with E-state index in [9.17, 15) is 9.90 Å². The van der Waals surface area contributed by atoms with Crippen molar-refractivity contribution in [1.82, 2.24) is 5.32 Å². The van der Waals surface area contributed by atoms with Crippen LogP contribution in [0.4, 0.5) is 0 Å². The minimum absolute atomic E-state index is 0.377. The van der Waals surface area contributed by atoms with Gasteiger partial charge in [0.1, 0.15) is 6.10 Å². The molecule has 0 aliphatic heterocycles. The number of aliphatic hydroxyl groups excluding tert-OH is 1. The quantitative estimate of drug-likeness (QED) is 0.633. The zero-order valence-electron chi connectivity index (χ0n) is 9.41. The Morgan fingerprint density at radius 1 is 1.47 bits per heavy atom. The standard InChI is InChI=1S/C11H22N2O2/c1-13-11(15)10(14)9(12)7-8-5-3-2-4-6-8/h8-10,14H,2-7,12H2,1H3,(H,13,15). The van der Waals surface area contributed by atoms with E-state index in [1.807, 2.05) is 0 Å². The minimum atomic E-state index is -1.06. The van der Waals surface area contributed by atoms with Crippen LogP contribution >= 0.6 is 0 Å². The summed E-state index contributed by atoms with van der Waals surface area (Å²) in [4.78, 5) is 11.2. The normalized spacial score (nSPS) is 22.1. The molecule has 88 valence electrons. The Bertz CT molecular complexity index is 203. The molecule has 0 bridgehead atoms. The Labute approximate surface area is 91.2 Å². The number of amides is 1. The van der Waals surface area contributed by atoms with E-state index in [0.29, 0.717) is 5.92 Å². The molecule has 1 aliphatic rings. The van der Waals surface area contributed by atoms with Crippen LogP contribution in [-0.4, -0.2) is 30.2 Å². The van der Waals surface area contributed by atoms with E-state index in [4.69, 9.17) is 5.73 Å². The van der Waals surface area contributed by atoms with Gasteiger partial charge < -0.3 is 16.2 Å². The molecule has 2 atom stereocenters. The smallest absolute Gasteiger partial charge is 0.250 e. The van der Waals surface area contributed by atoms with Gasteiger partial charge in [0.05, 0.1) is 0 Å². The van der Waals surface area contributed by atoms with Gasteiger partial charge in [-0.3, -0.25) is 4.79 Å². The first-order chi connectivity index (χ1) is 7.15. The fourth-order valence-corrected chi connectivity index (χ4v) is 2.28. The van der Waals surface area contributed by atoms with Crippen molar-refractivity contribution in [3.63, 3.8) is 0 Å². The molecule has 4 N–H and O–H groups in total. The first kappa shape index (κ1) is 12.5. The maximum absolute atomic E-state index is 11.2. The molecule has 0 aromatic heterocycles. The van der Waals surface area contributed by atoms with E-state index in [-0.39, 0.29) is 5.91 Å². The van der Waals surface area contributed by atoms with E-state index < -0.39 is 12.1 Å². The number of nitrogens with one attached hydrogen (secondary N) is 1. The summed E-state index contributed by atoms with van der Waals surface area (Å²) in [6.07, 6.45) is 5.90. The van der Waals surface area contributed by atoms with Gasteiger partial charge in [-0.25, -0.2) is 0 Å². The van der Waals surface area contributed by atoms with Crippen LogP contribution < -0.4 is 11.1 Å². The summed E-state index contributed by atoms with van der Waals surface area (Å²) in [5.74, 6) is 0.214. The fourth-order valence-electron chi connectivity index (χ4n) is 2.28. The highest BCUT2D eigenvalue weighted by molar-refractivity contribution is 5.80. The van der Waals surface area contributed by atoms with Gasteiger partial charge in [-0.2, -0.15) is 0 Å². The highest BCUT2D eigenvalue weighted by atomic mass is 16.3. The van der Waals surface area contributed by atoms with Gasteiger partial charge in [0, 0.05) is 13.1 Å². The largest absolute Gasteiger partial charge is 0.382 e. The Hall–Kier alpha value is -0.610. The van der Waals surface area contributed by atoms with Gasteiger partial charge in [0.15, 0.2) is 0 Å². The zero-order chi connectivity index (χ0) is 11.3. The molecule has 2 unspecified atom stereocenters. The predicted octanol–water partition coefficient (Wildman–Crippen LogP) is 0.391. The van der Waals surface area contributed by atoms with E-state index >= 15 is 0 Å². The van der Waals surface area contributed by atoms with E-state index in [1.165, 1.54) is 39.2 Å². The van der Waals surface area contributed by atoms with Gasteiger partial charge in [0.2, 0.25) is 5.91 Å². The predicted molar refractivity (Wildman–Crippen MR) is 59.2 cm³/mol. The molecule has 4 nitrogen and oxygen atoms in total. The van der Waals surface area contributed by atoms with Gasteiger partial charge in [-0.15, -0.1) is 0 Å². The van der Waals surface area contributed by atoms with Crippen LogP contribution in [0.15, 0.2) is 0 Å². The van der Waals surface area contributed by atoms with Crippen LogP contribution in [0.5, 0.6) is 0 Å². The molecule has 1 rings (SSSR count). The van der Waals surface area contributed by atoms with Crippen molar-refractivity contribution >= 4 is 5.91 Å². The number of likely N-dealkylation sites (N-methyl/N-ethyl adjacent to an activating group) is 1. The molecule has 1 amide bonds. The number of carbonyl (C=O) groups is 1. The van der Waals surface area contributed by atoms with Crippen molar-refractivity contribution in [2.75, 3.05) is 7.05 Å². The first-order valence-electron chi connectivity index (χ1n) is 5.80. The van der Waals surface area contributed by atoms with Crippen molar-refractivity contribution in [2.24, 2.45) is 11.7 Å². The summed E-state index contributed by atoms with van der Waals surface area (Å²) < 4.78 is 0. The number of hydrogen-bond donors (Lipinski definition) is 3. The summed E-state index contributed by atoms with van der Waals surface area (Å²) in [5, 5.41) is 12.0. The van der Waals surface area contributed by atoms with E-state index in [1.54, 1.807) is 0 Å². The third kappa shape index (κ3) is 3.80. The first-order valence-corrected chi connectivity index (χ1v) is 5.80. The number of rotatable bonds is 4. The summed E-state index contributed by atoms with van der Waals surface area (Å²) in [7, 11) is 1.51. The molecule has 1 aliphatic carbocycles. The van der Waals surface area contributed by atoms with Crippen molar-refractivity contribution in [3.8, 4) is 0 Å². The molecular formula is C11H22N2O2. The average molecular weight is 214 g/mol. The molecule has 0 aromatic rings. The lowest BCUT2D eigenvalue weighted by Crippen LogP contribution is -2.46. The lowest BCUT2D eigenvalue weighted by Gasteiger charge is -2.26. The number of nitrogens with two attached hydrogens (primary N) is 1. The number of carbonyl (C=O) groups excluding carboxylic acids is 1. The van der Waals surface area contributed by atoms with Crippen LogP contribution in [0.1, 0.15) is 38.5 Å². The van der Waals surface area contributed by atoms with Crippen LogP contribution in [0.25, 0.3) is 0 Å². The van der Waals surface area contributed by atoms with E-state index in [0.717, 1.165) is 6.42 Å². The Morgan fingerprint density at radius 3 is 2.60 bits per heavy atom. The summed E-state index contributed by atoms with van der Waals surface area (Å²) in [5.41, 5.74) is 5.81.